The summed E-state index contributed by atoms with van der Waals surface area (Å²) in [6, 6.07) is 0.235. The van der Waals surface area contributed by atoms with Crippen molar-refractivity contribution in [2.75, 3.05) is 33.3 Å². The fourth-order valence-electron chi connectivity index (χ4n) is 2.38. The van der Waals surface area contributed by atoms with Crippen LogP contribution in [0.1, 0.15) is 40.0 Å². The molecule has 5 heteroatoms. The number of amides is 1. The van der Waals surface area contributed by atoms with Gasteiger partial charge in [-0.05, 0) is 47.1 Å². The van der Waals surface area contributed by atoms with Gasteiger partial charge < -0.3 is 19.6 Å². The predicted molar refractivity (Wildman–Crippen MR) is 75.2 cm³/mol. The van der Waals surface area contributed by atoms with E-state index in [4.69, 9.17) is 9.84 Å². The molecule has 19 heavy (non-hydrogen) atoms. The molecule has 1 atom stereocenters. The maximum absolute atomic E-state index is 12.1. The zero-order valence-corrected chi connectivity index (χ0v) is 12.7. The third kappa shape index (κ3) is 5.78. The first-order valence-corrected chi connectivity index (χ1v) is 7.12. The van der Waals surface area contributed by atoms with Crippen LogP contribution in [0.4, 0.5) is 4.79 Å². The molecule has 0 saturated carbocycles. The van der Waals surface area contributed by atoms with Gasteiger partial charge in [0.25, 0.3) is 0 Å². The maximum atomic E-state index is 12.1. The van der Waals surface area contributed by atoms with Crippen molar-refractivity contribution < 1.29 is 14.6 Å². The number of hydrogen-bond acceptors (Lipinski definition) is 4. The first kappa shape index (κ1) is 16.2. The lowest BCUT2D eigenvalue weighted by Crippen LogP contribution is -2.44. The average Bonchev–Trinajstić information content (AvgIpc) is 2.72. The Morgan fingerprint density at radius 3 is 2.74 bits per heavy atom. The number of hydrogen-bond donors (Lipinski definition) is 1. The Balaban J connectivity index is 2.47. The fourth-order valence-corrected chi connectivity index (χ4v) is 2.38. The molecule has 0 aromatic heterocycles. The monoisotopic (exact) mass is 272 g/mol. The number of likely N-dealkylation sites (N-methyl/N-ethyl adjacent to an activating group) is 1. The highest BCUT2D eigenvalue weighted by molar-refractivity contribution is 5.69. The molecule has 0 aliphatic carbocycles. The van der Waals surface area contributed by atoms with Crippen LogP contribution >= 0.6 is 0 Å². The van der Waals surface area contributed by atoms with Gasteiger partial charge in [-0.25, -0.2) is 4.79 Å². The van der Waals surface area contributed by atoms with Crippen molar-refractivity contribution in [2.45, 2.75) is 51.7 Å². The molecule has 1 unspecified atom stereocenters. The number of aliphatic hydroxyl groups excluding tert-OH is 1. The van der Waals surface area contributed by atoms with Crippen LogP contribution in [0.5, 0.6) is 0 Å². The SMILES string of the molecule is CN(CCCO)CC1CCCN1C(=O)OC(C)(C)C. The highest BCUT2D eigenvalue weighted by atomic mass is 16.6. The van der Waals surface area contributed by atoms with Gasteiger partial charge >= 0.3 is 6.09 Å². The van der Waals surface area contributed by atoms with Crippen molar-refractivity contribution in [3.05, 3.63) is 0 Å². The lowest BCUT2D eigenvalue weighted by Gasteiger charge is -2.30. The van der Waals surface area contributed by atoms with Crippen LogP contribution in [0.15, 0.2) is 0 Å². The third-order valence-electron chi connectivity index (χ3n) is 3.23. The summed E-state index contributed by atoms with van der Waals surface area (Å²) >= 11 is 0. The molecule has 0 bridgehead atoms. The van der Waals surface area contributed by atoms with Gasteiger partial charge in [-0.3, -0.25) is 0 Å². The Bertz CT molecular complexity index is 289. The van der Waals surface area contributed by atoms with Crippen molar-refractivity contribution in [3.63, 3.8) is 0 Å². The highest BCUT2D eigenvalue weighted by Crippen LogP contribution is 2.21. The van der Waals surface area contributed by atoms with E-state index in [1.165, 1.54) is 0 Å². The summed E-state index contributed by atoms with van der Waals surface area (Å²) in [7, 11) is 2.03. The predicted octanol–water partition coefficient (Wildman–Crippen LogP) is 1.70. The summed E-state index contributed by atoms with van der Waals surface area (Å²) in [5, 5.41) is 8.83. The zero-order valence-electron chi connectivity index (χ0n) is 12.7. The smallest absolute Gasteiger partial charge is 0.410 e. The number of aliphatic hydroxyl groups is 1. The molecule has 5 nitrogen and oxygen atoms in total. The van der Waals surface area contributed by atoms with Gasteiger partial charge in [0.2, 0.25) is 0 Å². The number of carbonyl (C=O) groups is 1. The Morgan fingerprint density at radius 1 is 1.47 bits per heavy atom. The maximum Gasteiger partial charge on any atom is 0.410 e. The van der Waals surface area contributed by atoms with E-state index >= 15 is 0 Å². The second-order valence-corrected chi connectivity index (χ2v) is 6.31. The molecule has 1 rings (SSSR count). The molecule has 1 heterocycles. The molecule has 0 radical (unpaired) electrons. The second kappa shape index (κ2) is 7.10. The molecule has 0 spiro atoms. The van der Waals surface area contributed by atoms with Crippen molar-refractivity contribution in [2.24, 2.45) is 0 Å². The standard InChI is InChI=1S/C14H28N2O3/c1-14(2,3)19-13(18)16-9-5-7-12(16)11-15(4)8-6-10-17/h12,17H,5-11H2,1-4H3. The third-order valence-corrected chi connectivity index (χ3v) is 3.23. The van der Waals surface area contributed by atoms with Crippen LogP contribution in [0.3, 0.4) is 0 Å². The molecule has 0 aromatic carbocycles. The van der Waals surface area contributed by atoms with E-state index in [0.717, 1.165) is 38.9 Å². The summed E-state index contributed by atoms with van der Waals surface area (Å²) in [5.41, 5.74) is -0.437. The van der Waals surface area contributed by atoms with E-state index in [0.29, 0.717) is 0 Å². The highest BCUT2D eigenvalue weighted by Gasteiger charge is 2.32. The summed E-state index contributed by atoms with van der Waals surface area (Å²) in [5.74, 6) is 0. The van der Waals surface area contributed by atoms with E-state index < -0.39 is 5.60 Å². The molecular formula is C14H28N2O3. The molecule has 112 valence electrons. The quantitative estimate of drug-likeness (QED) is 0.827. The van der Waals surface area contributed by atoms with Gasteiger partial charge in [0, 0.05) is 32.3 Å². The lowest BCUT2D eigenvalue weighted by molar-refractivity contribution is 0.0202. The number of likely N-dealkylation sites (tertiary alicyclic amines) is 1. The van der Waals surface area contributed by atoms with Crippen molar-refractivity contribution in [3.8, 4) is 0 Å². The van der Waals surface area contributed by atoms with Gasteiger partial charge in [0.15, 0.2) is 0 Å². The number of rotatable bonds is 5. The van der Waals surface area contributed by atoms with E-state index in [-0.39, 0.29) is 18.7 Å². The van der Waals surface area contributed by atoms with Crippen molar-refractivity contribution in [1.82, 2.24) is 9.80 Å². The minimum Gasteiger partial charge on any atom is -0.444 e. The van der Waals surface area contributed by atoms with Gasteiger partial charge in [0.05, 0.1) is 0 Å². The number of nitrogens with zero attached hydrogens (tertiary/aromatic N) is 2. The Kier molecular flexibility index (Phi) is 6.07. The van der Waals surface area contributed by atoms with Crippen LogP contribution in [-0.4, -0.2) is 65.9 Å². The molecule has 1 N–H and O–H groups in total. The topological polar surface area (TPSA) is 53.0 Å². The van der Waals surface area contributed by atoms with Crippen LogP contribution in [0, 0.1) is 0 Å². The molecule has 1 amide bonds. The first-order chi connectivity index (χ1) is 8.83. The van der Waals surface area contributed by atoms with Crippen molar-refractivity contribution in [1.29, 1.82) is 0 Å². The van der Waals surface area contributed by atoms with Crippen LogP contribution in [0.25, 0.3) is 0 Å². The molecule has 1 aliphatic heterocycles. The summed E-state index contributed by atoms with van der Waals surface area (Å²) in [6.07, 6.45) is 2.64. The van der Waals surface area contributed by atoms with Gasteiger partial charge in [-0.2, -0.15) is 0 Å². The van der Waals surface area contributed by atoms with Gasteiger partial charge in [-0.15, -0.1) is 0 Å². The van der Waals surface area contributed by atoms with Crippen LogP contribution in [-0.2, 0) is 4.74 Å². The normalized spacial score (nSPS) is 20.1. The number of carbonyl (C=O) groups excluding carboxylic acids is 1. The molecule has 1 aliphatic rings. The first-order valence-electron chi connectivity index (χ1n) is 7.12. The van der Waals surface area contributed by atoms with Crippen molar-refractivity contribution >= 4 is 6.09 Å². The Labute approximate surface area is 116 Å². The number of ether oxygens (including phenoxy) is 1. The summed E-state index contributed by atoms with van der Waals surface area (Å²) in [4.78, 5) is 16.1. The minimum absolute atomic E-state index is 0.203. The fraction of sp³-hybridized carbons (Fsp3) is 0.929. The van der Waals surface area contributed by atoms with E-state index in [1.807, 2.05) is 32.7 Å². The van der Waals surface area contributed by atoms with E-state index in [9.17, 15) is 4.79 Å². The van der Waals surface area contributed by atoms with Gasteiger partial charge in [0.1, 0.15) is 5.60 Å². The Morgan fingerprint density at radius 2 is 2.16 bits per heavy atom. The lowest BCUT2D eigenvalue weighted by atomic mass is 10.2. The second-order valence-electron chi connectivity index (χ2n) is 6.31. The van der Waals surface area contributed by atoms with E-state index in [2.05, 4.69) is 4.90 Å². The molecule has 0 aromatic rings. The van der Waals surface area contributed by atoms with Crippen LogP contribution < -0.4 is 0 Å². The molecular weight excluding hydrogens is 244 g/mol. The largest absolute Gasteiger partial charge is 0.444 e. The van der Waals surface area contributed by atoms with Crippen LogP contribution in [0.2, 0.25) is 0 Å². The average molecular weight is 272 g/mol. The Hall–Kier alpha value is -0.810. The summed E-state index contributed by atoms with van der Waals surface area (Å²) < 4.78 is 5.44. The molecule has 1 saturated heterocycles. The minimum atomic E-state index is -0.437. The summed E-state index contributed by atoms with van der Waals surface area (Å²) in [6.45, 7) is 8.38. The molecule has 1 fully saturated rings. The van der Waals surface area contributed by atoms with Gasteiger partial charge in [-0.1, -0.05) is 0 Å². The van der Waals surface area contributed by atoms with E-state index in [1.54, 1.807) is 0 Å². The zero-order chi connectivity index (χ0) is 14.5.